The number of benzene rings is 2. The highest BCUT2D eigenvalue weighted by atomic mass is 19.1. The molecule has 36 heavy (non-hydrogen) atoms. The van der Waals surface area contributed by atoms with Crippen LogP contribution in [0.25, 0.3) is 0 Å². The number of rotatable bonds is 9. The number of amides is 1. The van der Waals surface area contributed by atoms with E-state index in [4.69, 9.17) is 10.5 Å². The van der Waals surface area contributed by atoms with E-state index in [0.717, 1.165) is 29.5 Å². The smallest absolute Gasteiger partial charge is 0.241 e. The molecule has 3 aromatic rings. The number of methoxy groups -OCH3 is 1. The Labute approximate surface area is 211 Å². The lowest BCUT2D eigenvalue weighted by Gasteiger charge is -2.31. The van der Waals surface area contributed by atoms with Crippen molar-refractivity contribution in [3.63, 3.8) is 0 Å². The lowest BCUT2D eigenvalue weighted by Crippen LogP contribution is -2.39. The summed E-state index contributed by atoms with van der Waals surface area (Å²) in [6.45, 7) is 0.489. The number of aromatic nitrogens is 1. The molecule has 188 valence electrons. The van der Waals surface area contributed by atoms with Gasteiger partial charge in [0.15, 0.2) is 0 Å². The molecular formula is C29H33FN4O2. The number of carbonyl (C=O) groups is 1. The number of ether oxygens (including phenoxy) is 1. The van der Waals surface area contributed by atoms with Gasteiger partial charge in [-0.15, -0.1) is 0 Å². The van der Waals surface area contributed by atoms with Gasteiger partial charge in [0.05, 0.1) is 17.3 Å². The predicted molar refractivity (Wildman–Crippen MR) is 138 cm³/mol. The Balaban J connectivity index is 1.37. The summed E-state index contributed by atoms with van der Waals surface area (Å²) in [5.74, 6) is -0.0932. The number of nitrogens with one attached hydrogen (secondary N) is 2. The van der Waals surface area contributed by atoms with Crippen LogP contribution in [-0.2, 0) is 20.7 Å². The zero-order chi connectivity index (χ0) is 25.2. The Kier molecular flexibility index (Phi) is 6.88. The summed E-state index contributed by atoms with van der Waals surface area (Å²) in [5.41, 5.74) is 8.42. The fraction of sp³-hybridized carbons (Fsp3) is 0.379. The molecule has 0 radical (unpaired) electrons. The van der Waals surface area contributed by atoms with Crippen LogP contribution in [0.15, 0.2) is 73.1 Å². The SMILES string of the molecule is CO[C@@]1(c2ccccc2)CN[C@@H](C(=O)Nc2cc(C(N)(CCC3CC3)c3ccncc3)ccc2F)C1. The minimum Gasteiger partial charge on any atom is -0.372 e. The van der Waals surface area contributed by atoms with Crippen molar-refractivity contribution < 1.29 is 13.9 Å². The van der Waals surface area contributed by atoms with E-state index in [1.807, 2.05) is 42.5 Å². The minimum absolute atomic E-state index is 0.129. The molecule has 1 unspecified atom stereocenters. The molecule has 2 aliphatic rings. The monoisotopic (exact) mass is 488 g/mol. The molecule has 1 saturated carbocycles. The lowest BCUT2D eigenvalue weighted by atomic mass is 9.79. The molecule has 2 heterocycles. The first-order valence-electron chi connectivity index (χ1n) is 12.6. The van der Waals surface area contributed by atoms with Crippen molar-refractivity contribution >= 4 is 11.6 Å². The van der Waals surface area contributed by atoms with Gasteiger partial charge in [0.2, 0.25) is 5.91 Å². The molecule has 1 saturated heterocycles. The first-order valence-corrected chi connectivity index (χ1v) is 12.6. The van der Waals surface area contributed by atoms with Crippen LogP contribution in [0, 0.1) is 11.7 Å². The topological polar surface area (TPSA) is 89.3 Å². The number of anilines is 1. The van der Waals surface area contributed by atoms with Gasteiger partial charge in [0, 0.05) is 32.5 Å². The second-order valence-corrected chi connectivity index (χ2v) is 10.1. The Morgan fingerprint density at radius 3 is 2.61 bits per heavy atom. The molecule has 0 spiro atoms. The molecule has 2 aromatic carbocycles. The molecule has 0 bridgehead atoms. The van der Waals surface area contributed by atoms with Crippen molar-refractivity contribution in [1.82, 2.24) is 10.3 Å². The number of pyridine rings is 1. The highest BCUT2D eigenvalue weighted by Crippen LogP contribution is 2.40. The van der Waals surface area contributed by atoms with E-state index in [1.54, 1.807) is 31.6 Å². The van der Waals surface area contributed by atoms with Crippen LogP contribution in [-0.4, -0.2) is 30.6 Å². The molecule has 1 aromatic heterocycles. The Bertz CT molecular complexity index is 1200. The van der Waals surface area contributed by atoms with Gasteiger partial charge in [-0.25, -0.2) is 4.39 Å². The van der Waals surface area contributed by atoms with Crippen LogP contribution in [0.5, 0.6) is 0 Å². The fourth-order valence-electron chi connectivity index (χ4n) is 5.24. The maximum Gasteiger partial charge on any atom is 0.241 e. The van der Waals surface area contributed by atoms with Gasteiger partial charge in [-0.3, -0.25) is 9.78 Å². The van der Waals surface area contributed by atoms with Crippen LogP contribution in [0.3, 0.4) is 0 Å². The second kappa shape index (κ2) is 10.1. The zero-order valence-corrected chi connectivity index (χ0v) is 20.5. The van der Waals surface area contributed by atoms with Crippen molar-refractivity contribution in [3.05, 3.63) is 95.6 Å². The zero-order valence-electron chi connectivity index (χ0n) is 20.5. The predicted octanol–water partition coefficient (Wildman–Crippen LogP) is 4.46. The number of hydrogen-bond acceptors (Lipinski definition) is 5. The summed E-state index contributed by atoms with van der Waals surface area (Å²) in [7, 11) is 1.65. The van der Waals surface area contributed by atoms with Crippen LogP contribution >= 0.6 is 0 Å². The largest absolute Gasteiger partial charge is 0.372 e. The van der Waals surface area contributed by atoms with Crippen LogP contribution in [0.4, 0.5) is 10.1 Å². The maximum atomic E-state index is 14.9. The highest BCUT2D eigenvalue weighted by Gasteiger charge is 2.43. The number of nitrogens with two attached hydrogens (primary N) is 1. The van der Waals surface area contributed by atoms with Crippen molar-refractivity contribution in [2.75, 3.05) is 19.0 Å². The van der Waals surface area contributed by atoms with Gasteiger partial charge in [-0.05, 0) is 59.7 Å². The quantitative estimate of drug-likeness (QED) is 0.414. The standard InChI is InChI=1S/C29H33FN4O2/c1-36-28(21-5-3-2-4-6-21)18-26(33-19-28)27(35)34-25-17-23(9-10-24(25)30)29(31,14-11-20-7-8-20)22-12-15-32-16-13-22/h2-6,9-10,12-13,15-17,20,26,33H,7-8,11,14,18-19,31H2,1H3,(H,34,35)/t26-,28-,29?/m1/s1. The molecule has 1 aliphatic heterocycles. The summed E-state index contributed by atoms with van der Waals surface area (Å²) in [5, 5.41) is 6.06. The second-order valence-electron chi connectivity index (χ2n) is 10.1. The summed E-state index contributed by atoms with van der Waals surface area (Å²) >= 11 is 0. The third-order valence-corrected chi connectivity index (χ3v) is 7.75. The first-order chi connectivity index (χ1) is 17.4. The Morgan fingerprint density at radius 2 is 1.92 bits per heavy atom. The van der Waals surface area contributed by atoms with Crippen molar-refractivity contribution in [3.8, 4) is 0 Å². The molecule has 3 atom stereocenters. The van der Waals surface area contributed by atoms with Crippen molar-refractivity contribution in [2.24, 2.45) is 11.7 Å². The van der Waals surface area contributed by atoms with E-state index in [-0.39, 0.29) is 11.6 Å². The van der Waals surface area contributed by atoms with Gasteiger partial charge >= 0.3 is 0 Å². The van der Waals surface area contributed by atoms with E-state index in [0.29, 0.717) is 18.9 Å². The maximum absolute atomic E-state index is 14.9. The average molecular weight is 489 g/mol. The van der Waals surface area contributed by atoms with Gasteiger partial charge in [-0.2, -0.15) is 0 Å². The van der Waals surface area contributed by atoms with Crippen LogP contribution in [0.2, 0.25) is 0 Å². The summed E-state index contributed by atoms with van der Waals surface area (Å²) in [6, 6.07) is 17.9. The number of carbonyl (C=O) groups excluding carboxylic acids is 1. The van der Waals surface area contributed by atoms with Crippen LogP contribution < -0.4 is 16.4 Å². The van der Waals surface area contributed by atoms with E-state index in [1.165, 1.54) is 18.9 Å². The third kappa shape index (κ3) is 4.91. The molecule has 4 N–H and O–H groups in total. The molecule has 1 amide bonds. The van der Waals surface area contributed by atoms with E-state index < -0.39 is 23.0 Å². The molecular weight excluding hydrogens is 455 g/mol. The lowest BCUT2D eigenvalue weighted by molar-refractivity contribution is -0.118. The summed E-state index contributed by atoms with van der Waals surface area (Å²) < 4.78 is 20.8. The van der Waals surface area contributed by atoms with Crippen LogP contribution in [0.1, 0.15) is 48.8 Å². The highest BCUT2D eigenvalue weighted by molar-refractivity contribution is 5.95. The third-order valence-electron chi connectivity index (χ3n) is 7.75. The molecule has 7 heteroatoms. The number of nitrogens with zero attached hydrogens (tertiary/aromatic N) is 1. The Hall–Kier alpha value is -3.13. The average Bonchev–Trinajstić information content (AvgIpc) is 3.65. The van der Waals surface area contributed by atoms with Gasteiger partial charge < -0.3 is 21.1 Å². The summed E-state index contributed by atoms with van der Waals surface area (Å²) in [4.78, 5) is 17.3. The van der Waals surface area contributed by atoms with E-state index in [9.17, 15) is 9.18 Å². The van der Waals surface area contributed by atoms with E-state index >= 15 is 0 Å². The molecule has 6 nitrogen and oxygen atoms in total. The fourth-order valence-corrected chi connectivity index (χ4v) is 5.24. The normalized spacial score (nSPS) is 23.2. The van der Waals surface area contributed by atoms with Crippen molar-refractivity contribution in [1.29, 1.82) is 0 Å². The van der Waals surface area contributed by atoms with Crippen molar-refractivity contribution in [2.45, 2.75) is 49.3 Å². The van der Waals surface area contributed by atoms with Gasteiger partial charge in [0.1, 0.15) is 11.4 Å². The number of hydrogen-bond donors (Lipinski definition) is 3. The molecule has 5 rings (SSSR count). The molecule has 1 aliphatic carbocycles. The molecule has 2 fully saturated rings. The Morgan fingerprint density at radius 1 is 1.17 bits per heavy atom. The first kappa shape index (κ1) is 24.6. The van der Waals surface area contributed by atoms with Gasteiger partial charge in [0.25, 0.3) is 0 Å². The number of halogens is 1. The minimum atomic E-state index is -0.803. The van der Waals surface area contributed by atoms with Gasteiger partial charge in [-0.1, -0.05) is 49.2 Å². The van der Waals surface area contributed by atoms with E-state index in [2.05, 4.69) is 15.6 Å². The summed E-state index contributed by atoms with van der Waals surface area (Å²) in [6.07, 6.45) is 8.09.